The van der Waals surface area contributed by atoms with Gasteiger partial charge in [-0.1, -0.05) is 0 Å². The molecule has 3 aliphatic heterocycles. The number of carbonyl (C=O) groups is 1. The zero-order valence-electron chi connectivity index (χ0n) is 14.6. The summed E-state index contributed by atoms with van der Waals surface area (Å²) < 4.78 is 5.46. The third kappa shape index (κ3) is 4.89. The lowest BCUT2D eigenvalue weighted by Crippen LogP contribution is -2.52. The van der Waals surface area contributed by atoms with Crippen molar-refractivity contribution in [2.45, 2.75) is 25.3 Å². The number of rotatable bonds is 4. The monoisotopic (exact) mass is 324 g/mol. The molecule has 1 unspecified atom stereocenters. The summed E-state index contributed by atoms with van der Waals surface area (Å²) in [5.41, 5.74) is 0. The highest BCUT2D eigenvalue weighted by Crippen LogP contribution is 2.17. The molecule has 0 aliphatic carbocycles. The molecule has 3 saturated heterocycles. The average molecular weight is 324 g/mol. The smallest absolute Gasteiger partial charge is 0.223 e. The van der Waals surface area contributed by atoms with Crippen molar-refractivity contribution in [1.29, 1.82) is 0 Å². The molecule has 132 valence electrons. The average Bonchev–Trinajstić information content (AvgIpc) is 2.61. The summed E-state index contributed by atoms with van der Waals surface area (Å²) >= 11 is 0. The molecule has 0 saturated carbocycles. The molecular weight excluding hydrogens is 292 g/mol. The fourth-order valence-electron chi connectivity index (χ4n) is 3.94. The van der Waals surface area contributed by atoms with Crippen LogP contribution in [-0.2, 0) is 9.53 Å². The first kappa shape index (κ1) is 17.1. The van der Waals surface area contributed by atoms with E-state index >= 15 is 0 Å². The number of likely N-dealkylation sites (tertiary alicyclic amines) is 1. The molecule has 0 spiro atoms. The van der Waals surface area contributed by atoms with Gasteiger partial charge in [-0.2, -0.15) is 0 Å². The minimum absolute atomic E-state index is 0.339. The Balaban J connectivity index is 1.40. The second-order valence-corrected chi connectivity index (χ2v) is 7.18. The summed E-state index contributed by atoms with van der Waals surface area (Å²) in [5.74, 6) is 0.339. The highest BCUT2D eigenvalue weighted by Gasteiger charge is 2.27. The van der Waals surface area contributed by atoms with Crippen molar-refractivity contribution in [2.75, 3.05) is 79.2 Å². The number of carbonyl (C=O) groups excluding carboxylic acids is 1. The molecule has 0 aromatic heterocycles. The minimum atomic E-state index is 0.339. The largest absolute Gasteiger partial charge is 0.379 e. The van der Waals surface area contributed by atoms with E-state index in [9.17, 15) is 4.79 Å². The van der Waals surface area contributed by atoms with Gasteiger partial charge in [0.1, 0.15) is 0 Å². The Hall–Kier alpha value is -0.690. The first-order chi connectivity index (χ1) is 11.2. The molecular formula is C17H32N4O2. The summed E-state index contributed by atoms with van der Waals surface area (Å²) in [7, 11) is 2.13. The van der Waals surface area contributed by atoms with E-state index in [2.05, 4.69) is 21.7 Å². The van der Waals surface area contributed by atoms with Gasteiger partial charge in [-0.25, -0.2) is 0 Å². The molecule has 0 bridgehead atoms. The molecule has 1 amide bonds. The summed E-state index contributed by atoms with van der Waals surface area (Å²) in [6.07, 6.45) is 3.23. The molecule has 0 radical (unpaired) electrons. The maximum absolute atomic E-state index is 12.4. The minimum Gasteiger partial charge on any atom is -0.379 e. The van der Waals surface area contributed by atoms with Crippen molar-refractivity contribution in [3.8, 4) is 0 Å². The van der Waals surface area contributed by atoms with E-state index in [4.69, 9.17) is 4.74 Å². The van der Waals surface area contributed by atoms with Gasteiger partial charge in [0, 0.05) is 64.8 Å². The van der Waals surface area contributed by atoms with Crippen molar-refractivity contribution in [3.63, 3.8) is 0 Å². The number of likely N-dealkylation sites (N-methyl/N-ethyl adjacent to an activating group) is 1. The maximum Gasteiger partial charge on any atom is 0.223 e. The zero-order valence-corrected chi connectivity index (χ0v) is 14.6. The molecule has 23 heavy (non-hydrogen) atoms. The number of hydrogen-bond acceptors (Lipinski definition) is 5. The Labute approximate surface area is 140 Å². The van der Waals surface area contributed by atoms with Crippen LogP contribution in [0.3, 0.4) is 0 Å². The molecule has 6 heteroatoms. The van der Waals surface area contributed by atoms with E-state index in [1.165, 1.54) is 12.8 Å². The van der Waals surface area contributed by atoms with E-state index in [1.807, 2.05) is 4.90 Å². The van der Waals surface area contributed by atoms with Crippen molar-refractivity contribution in [1.82, 2.24) is 19.6 Å². The lowest BCUT2D eigenvalue weighted by Gasteiger charge is -2.41. The number of piperazine rings is 1. The van der Waals surface area contributed by atoms with Gasteiger partial charge in [-0.3, -0.25) is 9.69 Å². The summed E-state index contributed by atoms with van der Waals surface area (Å²) in [6.45, 7) is 10.9. The second kappa shape index (κ2) is 8.42. The van der Waals surface area contributed by atoms with Gasteiger partial charge in [0.15, 0.2) is 0 Å². The number of morpholine rings is 1. The van der Waals surface area contributed by atoms with E-state index in [0.717, 1.165) is 72.1 Å². The topological polar surface area (TPSA) is 39.3 Å². The van der Waals surface area contributed by atoms with Crippen LogP contribution >= 0.6 is 0 Å². The van der Waals surface area contributed by atoms with Gasteiger partial charge in [0.25, 0.3) is 0 Å². The first-order valence-electron chi connectivity index (χ1n) is 9.23. The van der Waals surface area contributed by atoms with Crippen LogP contribution in [0.15, 0.2) is 0 Å². The molecule has 0 N–H and O–H groups in total. The fraction of sp³-hybridized carbons (Fsp3) is 0.941. The van der Waals surface area contributed by atoms with Crippen LogP contribution in [0.4, 0.5) is 0 Å². The van der Waals surface area contributed by atoms with Crippen LogP contribution in [0.1, 0.15) is 19.3 Å². The predicted octanol–water partition coefficient (Wildman–Crippen LogP) is -0.0529. The Kier molecular flexibility index (Phi) is 6.28. The Morgan fingerprint density at radius 3 is 2.52 bits per heavy atom. The SMILES string of the molecule is CN1CCN(C(=O)CCN2CCCC(N3CCOCC3)C2)CC1. The molecule has 1 atom stereocenters. The van der Waals surface area contributed by atoms with Gasteiger partial charge < -0.3 is 19.4 Å². The van der Waals surface area contributed by atoms with Crippen molar-refractivity contribution in [2.24, 2.45) is 0 Å². The molecule has 3 aliphatic rings. The van der Waals surface area contributed by atoms with Gasteiger partial charge in [-0.15, -0.1) is 0 Å². The Morgan fingerprint density at radius 1 is 1.04 bits per heavy atom. The van der Waals surface area contributed by atoms with Crippen LogP contribution in [0.25, 0.3) is 0 Å². The quantitative estimate of drug-likeness (QED) is 0.725. The van der Waals surface area contributed by atoms with Crippen molar-refractivity contribution in [3.05, 3.63) is 0 Å². The van der Waals surface area contributed by atoms with Crippen LogP contribution in [0.5, 0.6) is 0 Å². The number of amides is 1. The summed E-state index contributed by atoms with van der Waals surface area (Å²) in [4.78, 5) is 21.8. The summed E-state index contributed by atoms with van der Waals surface area (Å²) in [5, 5.41) is 0. The number of hydrogen-bond donors (Lipinski definition) is 0. The van der Waals surface area contributed by atoms with Crippen LogP contribution in [0.2, 0.25) is 0 Å². The van der Waals surface area contributed by atoms with Crippen LogP contribution in [0, 0.1) is 0 Å². The van der Waals surface area contributed by atoms with Crippen LogP contribution < -0.4 is 0 Å². The van der Waals surface area contributed by atoms with E-state index in [-0.39, 0.29) is 0 Å². The molecule has 3 fully saturated rings. The molecule has 0 aromatic carbocycles. The van der Waals surface area contributed by atoms with Crippen molar-refractivity contribution >= 4 is 5.91 Å². The zero-order chi connectivity index (χ0) is 16.1. The third-order valence-corrected chi connectivity index (χ3v) is 5.54. The highest BCUT2D eigenvalue weighted by molar-refractivity contribution is 5.76. The number of nitrogens with zero attached hydrogens (tertiary/aromatic N) is 4. The lowest BCUT2D eigenvalue weighted by atomic mass is 10.0. The van der Waals surface area contributed by atoms with E-state index in [0.29, 0.717) is 18.4 Å². The van der Waals surface area contributed by atoms with Crippen LogP contribution in [-0.4, -0.2) is 111 Å². The third-order valence-electron chi connectivity index (χ3n) is 5.54. The Bertz CT molecular complexity index is 379. The Morgan fingerprint density at radius 2 is 1.78 bits per heavy atom. The number of ether oxygens (including phenoxy) is 1. The second-order valence-electron chi connectivity index (χ2n) is 7.18. The first-order valence-corrected chi connectivity index (χ1v) is 9.23. The fourth-order valence-corrected chi connectivity index (χ4v) is 3.94. The molecule has 6 nitrogen and oxygen atoms in total. The maximum atomic E-state index is 12.4. The van der Waals surface area contributed by atoms with E-state index in [1.54, 1.807) is 0 Å². The van der Waals surface area contributed by atoms with Crippen molar-refractivity contribution < 1.29 is 9.53 Å². The normalized spacial score (nSPS) is 28.9. The highest BCUT2D eigenvalue weighted by atomic mass is 16.5. The van der Waals surface area contributed by atoms with E-state index < -0.39 is 0 Å². The van der Waals surface area contributed by atoms with Gasteiger partial charge in [0.2, 0.25) is 5.91 Å². The van der Waals surface area contributed by atoms with Gasteiger partial charge in [-0.05, 0) is 26.4 Å². The summed E-state index contributed by atoms with van der Waals surface area (Å²) in [6, 6.07) is 0.659. The molecule has 3 heterocycles. The van der Waals surface area contributed by atoms with Gasteiger partial charge in [0.05, 0.1) is 13.2 Å². The lowest BCUT2D eigenvalue weighted by molar-refractivity contribution is -0.133. The van der Waals surface area contributed by atoms with Gasteiger partial charge >= 0.3 is 0 Å². The predicted molar refractivity (Wildman–Crippen MR) is 90.5 cm³/mol. The standard InChI is InChI=1S/C17H32N4O2/c1-18-7-9-21(10-8-18)17(22)4-6-19-5-2-3-16(15-19)20-11-13-23-14-12-20/h16H,2-15H2,1H3. The molecule has 0 aromatic rings. The molecule has 3 rings (SSSR count). The number of piperidine rings is 1.